The van der Waals surface area contributed by atoms with E-state index in [-0.39, 0.29) is 18.7 Å². The lowest BCUT2D eigenvalue weighted by molar-refractivity contribution is -0.142. The molecule has 0 radical (unpaired) electrons. The normalized spacial score (nSPS) is 22.0. The van der Waals surface area contributed by atoms with E-state index in [4.69, 9.17) is 0 Å². The van der Waals surface area contributed by atoms with Gasteiger partial charge in [0.25, 0.3) is 0 Å². The number of sulfonamides is 1. The summed E-state index contributed by atoms with van der Waals surface area (Å²) in [7, 11) is -2.46. The summed E-state index contributed by atoms with van der Waals surface area (Å²) >= 11 is 0. The van der Waals surface area contributed by atoms with Gasteiger partial charge in [-0.05, 0) is 31.0 Å². The molecule has 1 aromatic rings. The highest BCUT2D eigenvalue weighted by atomic mass is 32.2. The van der Waals surface area contributed by atoms with E-state index in [2.05, 4.69) is 14.8 Å². The van der Waals surface area contributed by atoms with Gasteiger partial charge in [-0.15, -0.1) is 0 Å². The van der Waals surface area contributed by atoms with Crippen LogP contribution in [0, 0.1) is 12.7 Å². The van der Waals surface area contributed by atoms with Gasteiger partial charge in [-0.25, -0.2) is 12.8 Å². The lowest BCUT2D eigenvalue weighted by Crippen LogP contribution is -2.31. The molecule has 1 fully saturated rings. The second kappa shape index (κ2) is 5.98. The number of carbonyl (C=O) groups is 1. The third-order valence-electron chi connectivity index (χ3n) is 3.45. The van der Waals surface area contributed by atoms with E-state index < -0.39 is 33.1 Å². The van der Waals surface area contributed by atoms with Crippen LogP contribution in [0.15, 0.2) is 18.2 Å². The largest absolute Gasteiger partial charge is 0.468 e. The highest BCUT2D eigenvalue weighted by molar-refractivity contribution is 7.93. The Morgan fingerprint density at radius 3 is 2.81 bits per heavy atom. The van der Waals surface area contributed by atoms with Crippen molar-refractivity contribution >= 4 is 21.7 Å². The smallest absolute Gasteiger partial charge is 0.322 e. The Balaban J connectivity index is 2.09. The summed E-state index contributed by atoms with van der Waals surface area (Å²) in [4.78, 5) is 11.4. The number of ether oxygens (including phenoxy) is 1. The molecule has 2 atom stereocenters. The third-order valence-corrected chi connectivity index (χ3v) is 5.20. The summed E-state index contributed by atoms with van der Waals surface area (Å²) in [5.74, 6) is -0.971. The van der Waals surface area contributed by atoms with Crippen molar-refractivity contribution in [3.8, 4) is 0 Å². The first-order chi connectivity index (χ1) is 9.83. The molecule has 116 valence electrons. The molecule has 6 nitrogen and oxygen atoms in total. The maximum Gasteiger partial charge on any atom is 0.322 e. The number of esters is 1. The summed E-state index contributed by atoms with van der Waals surface area (Å²) in [6, 6.07) is 3.49. The first-order valence-corrected chi connectivity index (χ1v) is 7.97. The van der Waals surface area contributed by atoms with Crippen LogP contribution >= 0.6 is 0 Å². The Bertz CT molecular complexity index is 648. The van der Waals surface area contributed by atoms with Crippen LogP contribution in [0.4, 0.5) is 10.1 Å². The van der Waals surface area contributed by atoms with E-state index in [1.807, 2.05) is 0 Å². The molecule has 1 saturated heterocycles. The van der Waals surface area contributed by atoms with Crippen LogP contribution in [0.3, 0.4) is 0 Å². The van der Waals surface area contributed by atoms with Crippen molar-refractivity contribution in [1.82, 2.24) is 5.32 Å². The number of methoxy groups -OCH3 is 1. The Hall–Kier alpha value is -1.67. The van der Waals surface area contributed by atoms with Gasteiger partial charge >= 0.3 is 5.97 Å². The van der Waals surface area contributed by atoms with Crippen LogP contribution in [0.1, 0.15) is 12.0 Å². The van der Waals surface area contributed by atoms with Gasteiger partial charge in [-0.3, -0.25) is 9.52 Å². The van der Waals surface area contributed by atoms with E-state index in [1.165, 1.54) is 19.2 Å². The van der Waals surface area contributed by atoms with Gasteiger partial charge in [-0.2, -0.15) is 0 Å². The monoisotopic (exact) mass is 316 g/mol. The molecule has 2 rings (SSSR count). The molecule has 1 heterocycles. The third kappa shape index (κ3) is 3.51. The Morgan fingerprint density at radius 2 is 2.19 bits per heavy atom. The predicted molar refractivity (Wildman–Crippen MR) is 75.9 cm³/mol. The number of carbonyl (C=O) groups excluding carboxylic acids is 1. The first kappa shape index (κ1) is 15.7. The maximum atomic E-state index is 13.4. The molecule has 8 heteroatoms. The zero-order valence-electron chi connectivity index (χ0n) is 11.7. The van der Waals surface area contributed by atoms with Crippen molar-refractivity contribution in [3.05, 3.63) is 29.6 Å². The molecule has 1 aliphatic rings. The van der Waals surface area contributed by atoms with E-state index in [9.17, 15) is 17.6 Å². The Labute approximate surface area is 122 Å². The number of rotatable bonds is 4. The highest BCUT2D eigenvalue weighted by Crippen LogP contribution is 2.20. The standard InChI is InChI=1S/C13H17FN2O4S/c1-8-3-4-9(5-11(8)14)16-21(18,19)10-6-12(15-7-10)13(17)20-2/h3-5,10,12,15-16H,6-7H2,1-2H3. The van der Waals surface area contributed by atoms with Crippen LogP contribution in [0.5, 0.6) is 0 Å². The Kier molecular flexibility index (Phi) is 4.48. The minimum Gasteiger partial charge on any atom is -0.468 e. The molecule has 1 aliphatic heterocycles. The molecule has 0 aromatic heterocycles. The topological polar surface area (TPSA) is 84.5 Å². The van der Waals surface area contributed by atoms with Crippen LogP contribution < -0.4 is 10.0 Å². The molecule has 0 amide bonds. The SMILES string of the molecule is COC(=O)C1CC(S(=O)(=O)Nc2ccc(C)c(F)c2)CN1. The van der Waals surface area contributed by atoms with Crippen LogP contribution in [-0.4, -0.2) is 39.3 Å². The molecule has 0 bridgehead atoms. The number of aryl methyl sites for hydroxylation is 1. The average molecular weight is 316 g/mol. The summed E-state index contributed by atoms with van der Waals surface area (Å²) in [5.41, 5.74) is 0.603. The van der Waals surface area contributed by atoms with Crippen molar-refractivity contribution in [2.75, 3.05) is 18.4 Å². The number of halogens is 1. The van der Waals surface area contributed by atoms with Crippen LogP contribution in [0.25, 0.3) is 0 Å². The molecule has 0 aliphatic carbocycles. The molecular weight excluding hydrogens is 299 g/mol. The molecule has 1 aromatic carbocycles. The van der Waals surface area contributed by atoms with Crippen molar-refractivity contribution in [3.63, 3.8) is 0 Å². The fourth-order valence-electron chi connectivity index (χ4n) is 2.17. The van der Waals surface area contributed by atoms with Gasteiger partial charge in [0.1, 0.15) is 11.9 Å². The summed E-state index contributed by atoms with van der Waals surface area (Å²) in [6.45, 7) is 1.74. The number of benzene rings is 1. The quantitative estimate of drug-likeness (QED) is 0.802. The van der Waals surface area contributed by atoms with E-state index in [1.54, 1.807) is 6.92 Å². The molecule has 0 saturated carbocycles. The highest BCUT2D eigenvalue weighted by Gasteiger charge is 2.37. The lowest BCUT2D eigenvalue weighted by Gasteiger charge is -2.13. The van der Waals surface area contributed by atoms with E-state index in [0.717, 1.165) is 6.07 Å². The van der Waals surface area contributed by atoms with Gasteiger partial charge in [0.15, 0.2) is 0 Å². The fourth-order valence-corrected chi connectivity index (χ4v) is 3.55. The maximum absolute atomic E-state index is 13.4. The van der Waals surface area contributed by atoms with E-state index >= 15 is 0 Å². The molecule has 2 N–H and O–H groups in total. The van der Waals surface area contributed by atoms with E-state index in [0.29, 0.717) is 5.56 Å². The zero-order valence-corrected chi connectivity index (χ0v) is 12.5. The van der Waals surface area contributed by atoms with Gasteiger partial charge in [0.2, 0.25) is 10.0 Å². The number of anilines is 1. The lowest BCUT2D eigenvalue weighted by atomic mass is 10.2. The summed E-state index contributed by atoms with van der Waals surface area (Å²) < 4.78 is 44.8. The molecular formula is C13H17FN2O4S. The number of nitrogens with one attached hydrogen (secondary N) is 2. The van der Waals surface area contributed by atoms with Crippen molar-refractivity contribution in [2.24, 2.45) is 0 Å². The molecule has 2 unspecified atom stereocenters. The van der Waals surface area contributed by atoms with Crippen LogP contribution in [0.2, 0.25) is 0 Å². The van der Waals surface area contributed by atoms with Crippen LogP contribution in [-0.2, 0) is 19.6 Å². The fraction of sp³-hybridized carbons (Fsp3) is 0.462. The second-order valence-corrected chi connectivity index (χ2v) is 6.91. The number of hydrogen-bond donors (Lipinski definition) is 2. The van der Waals surface area contributed by atoms with Crippen molar-refractivity contribution < 1.29 is 22.3 Å². The Morgan fingerprint density at radius 1 is 1.48 bits per heavy atom. The molecule has 21 heavy (non-hydrogen) atoms. The van der Waals surface area contributed by atoms with Gasteiger partial charge in [0.05, 0.1) is 18.0 Å². The predicted octanol–water partition coefficient (Wildman–Crippen LogP) is 0.779. The summed E-state index contributed by atoms with van der Waals surface area (Å²) in [5, 5.41) is 2.03. The van der Waals surface area contributed by atoms with Crippen molar-refractivity contribution in [2.45, 2.75) is 24.6 Å². The minimum atomic E-state index is -3.70. The van der Waals surface area contributed by atoms with Gasteiger partial charge in [-0.1, -0.05) is 6.07 Å². The second-order valence-electron chi connectivity index (χ2n) is 4.95. The minimum absolute atomic E-state index is 0.121. The zero-order chi connectivity index (χ0) is 15.6. The number of hydrogen-bond acceptors (Lipinski definition) is 5. The van der Waals surface area contributed by atoms with Crippen molar-refractivity contribution in [1.29, 1.82) is 0 Å². The summed E-state index contributed by atoms with van der Waals surface area (Å²) in [6.07, 6.45) is 0.121. The van der Waals surface area contributed by atoms with Gasteiger partial charge in [0, 0.05) is 6.54 Å². The van der Waals surface area contributed by atoms with Gasteiger partial charge < -0.3 is 10.1 Å². The first-order valence-electron chi connectivity index (χ1n) is 6.42. The average Bonchev–Trinajstić information content (AvgIpc) is 2.92. The molecule has 0 spiro atoms.